The average molecular weight is 297 g/mol. The quantitative estimate of drug-likeness (QED) is 0.864. The van der Waals surface area contributed by atoms with Crippen molar-refractivity contribution in [2.45, 2.75) is 12.8 Å². The van der Waals surface area contributed by atoms with Crippen LogP contribution in [0.25, 0.3) is 0 Å². The van der Waals surface area contributed by atoms with Crippen LogP contribution in [0.15, 0.2) is 30.4 Å². The standard InChI is InChI=1S/C14H13ClFNO3/c15-11-7-8(5-6-12(11)16)17-13(18)9-3-1-2-4-10(9)14(19)20/h1-2,5-7,9-10H,3-4H2,(H,17,18)(H,19,20)/p-1/t9-,10-/m0/s1. The summed E-state index contributed by atoms with van der Waals surface area (Å²) in [7, 11) is 0. The van der Waals surface area contributed by atoms with Crippen molar-refractivity contribution in [1.82, 2.24) is 0 Å². The predicted molar refractivity (Wildman–Crippen MR) is 70.4 cm³/mol. The smallest absolute Gasteiger partial charge is 0.228 e. The van der Waals surface area contributed by atoms with Gasteiger partial charge in [-0.25, -0.2) is 4.39 Å². The van der Waals surface area contributed by atoms with Gasteiger partial charge in [0.25, 0.3) is 0 Å². The van der Waals surface area contributed by atoms with Crippen LogP contribution >= 0.6 is 11.6 Å². The Hall–Kier alpha value is -1.88. The van der Waals surface area contributed by atoms with E-state index in [1.807, 2.05) is 0 Å². The molecule has 20 heavy (non-hydrogen) atoms. The normalized spacial score (nSPS) is 21.5. The molecular weight excluding hydrogens is 285 g/mol. The van der Waals surface area contributed by atoms with Crippen LogP contribution in [0.2, 0.25) is 5.02 Å². The van der Waals surface area contributed by atoms with Crippen LogP contribution in [0, 0.1) is 17.7 Å². The minimum absolute atomic E-state index is 0.109. The molecule has 1 aromatic rings. The largest absolute Gasteiger partial charge is 0.550 e. The second-order valence-electron chi connectivity index (χ2n) is 4.59. The summed E-state index contributed by atoms with van der Waals surface area (Å²) in [6.07, 6.45) is 4.09. The van der Waals surface area contributed by atoms with Crippen molar-refractivity contribution in [3.8, 4) is 0 Å². The van der Waals surface area contributed by atoms with Crippen molar-refractivity contribution in [2.75, 3.05) is 5.32 Å². The van der Waals surface area contributed by atoms with Crippen LogP contribution < -0.4 is 10.4 Å². The third-order valence-electron chi connectivity index (χ3n) is 3.26. The number of carboxylic acid groups (broad SMARTS) is 1. The molecule has 0 unspecified atom stereocenters. The van der Waals surface area contributed by atoms with Crippen LogP contribution in [-0.2, 0) is 9.59 Å². The molecule has 0 fully saturated rings. The molecular formula is C14H12ClFNO3-. The number of hydrogen-bond acceptors (Lipinski definition) is 3. The molecule has 1 N–H and O–H groups in total. The van der Waals surface area contributed by atoms with Crippen LogP contribution in [0.4, 0.5) is 10.1 Å². The van der Waals surface area contributed by atoms with E-state index in [9.17, 15) is 19.1 Å². The van der Waals surface area contributed by atoms with Crippen molar-refractivity contribution in [2.24, 2.45) is 11.8 Å². The summed E-state index contributed by atoms with van der Waals surface area (Å²) in [6.45, 7) is 0. The number of halogens is 2. The molecule has 0 bridgehead atoms. The van der Waals surface area contributed by atoms with E-state index in [2.05, 4.69) is 5.32 Å². The SMILES string of the molecule is O=C([O-])[C@H]1CC=CC[C@@H]1C(=O)Nc1ccc(F)c(Cl)c1. The predicted octanol–water partition coefficient (Wildman–Crippen LogP) is 1.75. The van der Waals surface area contributed by atoms with E-state index in [4.69, 9.17) is 11.6 Å². The second-order valence-corrected chi connectivity index (χ2v) is 5.00. The lowest BCUT2D eigenvalue weighted by atomic mass is 9.82. The minimum Gasteiger partial charge on any atom is -0.550 e. The lowest BCUT2D eigenvalue weighted by Crippen LogP contribution is -2.41. The van der Waals surface area contributed by atoms with Gasteiger partial charge in [-0.15, -0.1) is 0 Å². The second kappa shape index (κ2) is 6.05. The highest BCUT2D eigenvalue weighted by Gasteiger charge is 2.29. The lowest BCUT2D eigenvalue weighted by Gasteiger charge is -2.28. The number of aliphatic carboxylic acids is 1. The van der Waals surface area contributed by atoms with Gasteiger partial charge in [0.2, 0.25) is 5.91 Å². The molecule has 4 nitrogen and oxygen atoms in total. The summed E-state index contributed by atoms with van der Waals surface area (Å²) in [6, 6.07) is 3.78. The van der Waals surface area contributed by atoms with E-state index in [-0.39, 0.29) is 11.4 Å². The summed E-state index contributed by atoms with van der Waals surface area (Å²) in [5.74, 6) is -3.82. The van der Waals surface area contributed by atoms with Crippen molar-refractivity contribution in [1.29, 1.82) is 0 Å². The fraction of sp³-hybridized carbons (Fsp3) is 0.286. The van der Waals surface area contributed by atoms with Gasteiger partial charge in [-0.2, -0.15) is 0 Å². The lowest BCUT2D eigenvalue weighted by molar-refractivity contribution is -0.313. The first kappa shape index (κ1) is 14.5. The maximum atomic E-state index is 13.0. The Bertz CT molecular complexity index is 574. The molecule has 0 heterocycles. The van der Waals surface area contributed by atoms with Gasteiger partial charge in [0.1, 0.15) is 5.82 Å². The Balaban J connectivity index is 2.12. The first-order valence-electron chi connectivity index (χ1n) is 6.11. The number of amides is 1. The molecule has 106 valence electrons. The number of carbonyl (C=O) groups is 2. The Morgan fingerprint density at radius 3 is 2.50 bits per heavy atom. The zero-order chi connectivity index (χ0) is 14.7. The number of rotatable bonds is 3. The number of carboxylic acids is 1. The first-order chi connectivity index (χ1) is 9.49. The molecule has 0 radical (unpaired) electrons. The molecule has 1 aliphatic carbocycles. The number of nitrogens with one attached hydrogen (secondary N) is 1. The molecule has 0 saturated carbocycles. The summed E-state index contributed by atoms with van der Waals surface area (Å²) in [4.78, 5) is 23.1. The van der Waals surface area contributed by atoms with Crippen LogP contribution in [-0.4, -0.2) is 11.9 Å². The first-order valence-corrected chi connectivity index (χ1v) is 6.48. The number of allylic oxidation sites excluding steroid dienone is 2. The number of benzene rings is 1. The van der Waals surface area contributed by atoms with E-state index in [0.717, 1.165) is 6.07 Å². The van der Waals surface area contributed by atoms with Crippen molar-refractivity contribution in [3.05, 3.63) is 41.2 Å². The Kier molecular flexibility index (Phi) is 4.39. The molecule has 1 amide bonds. The van der Waals surface area contributed by atoms with Crippen LogP contribution in [0.5, 0.6) is 0 Å². The number of anilines is 1. The fourth-order valence-corrected chi connectivity index (χ4v) is 2.35. The van der Waals surface area contributed by atoms with Gasteiger partial charge >= 0.3 is 0 Å². The maximum absolute atomic E-state index is 13.0. The van der Waals surface area contributed by atoms with Gasteiger partial charge in [-0.3, -0.25) is 4.79 Å². The Morgan fingerprint density at radius 2 is 1.90 bits per heavy atom. The van der Waals surface area contributed by atoms with Gasteiger partial charge < -0.3 is 15.2 Å². The molecule has 0 aliphatic heterocycles. The highest BCUT2D eigenvalue weighted by atomic mass is 35.5. The van der Waals surface area contributed by atoms with Gasteiger partial charge in [0, 0.05) is 17.6 Å². The fourth-order valence-electron chi connectivity index (χ4n) is 2.17. The summed E-state index contributed by atoms with van der Waals surface area (Å²) < 4.78 is 13.0. The van der Waals surface area contributed by atoms with Crippen LogP contribution in [0.1, 0.15) is 12.8 Å². The van der Waals surface area contributed by atoms with Crippen LogP contribution in [0.3, 0.4) is 0 Å². The van der Waals surface area contributed by atoms with Crippen molar-refractivity contribution < 1.29 is 19.1 Å². The number of hydrogen-bond donors (Lipinski definition) is 1. The maximum Gasteiger partial charge on any atom is 0.228 e. The summed E-state index contributed by atoms with van der Waals surface area (Å²) in [5.41, 5.74) is 0.327. The summed E-state index contributed by atoms with van der Waals surface area (Å²) in [5, 5.41) is 13.5. The van der Waals surface area contributed by atoms with E-state index in [0.29, 0.717) is 12.1 Å². The van der Waals surface area contributed by atoms with E-state index < -0.39 is 29.5 Å². The van der Waals surface area contributed by atoms with Gasteiger partial charge in [-0.1, -0.05) is 23.8 Å². The van der Waals surface area contributed by atoms with Gasteiger partial charge in [0.05, 0.1) is 10.9 Å². The molecule has 0 aromatic heterocycles. The molecule has 2 atom stereocenters. The van der Waals surface area contributed by atoms with Gasteiger partial charge in [-0.05, 0) is 31.0 Å². The van der Waals surface area contributed by atoms with E-state index in [1.165, 1.54) is 12.1 Å². The van der Waals surface area contributed by atoms with Crippen molar-refractivity contribution >= 4 is 29.2 Å². The third-order valence-corrected chi connectivity index (χ3v) is 3.55. The molecule has 6 heteroatoms. The molecule has 0 spiro atoms. The highest BCUT2D eigenvalue weighted by Crippen LogP contribution is 2.27. The molecule has 1 aromatic carbocycles. The zero-order valence-electron chi connectivity index (χ0n) is 10.4. The third kappa shape index (κ3) is 3.17. The molecule has 1 aliphatic rings. The minimum atomic E-state index is -1.24. The van der Waals surface area contributed by atoms with Crippen molar-refractivity contribution in [3.63, 3.8) is 0 Å². The highest BCUT2D eigenvalue weighted by molar-refractivity contribution is 6.31. The summed E-state index contributed by atoms with van der Waals surface area (Å²) >= 11 is 5.62. The topological polar surface area (TPSA) is 69.2 Å². The Morgan fingerprint density at radius 1 is 1.25 bits per heavy atom. The zero-order valence-corrected chi connectivity index (χ0v) is 11.2. The van der Waals surface area contributed by atoms with E-state index >= 15 is 0 Å². The van der Waals surface area contributed by atoms with E-state index in [1.54, 1.807) is 12.2 Å². The van der Waals surface area contributed by atoms with Gasteiger partial charge in [0.15, 0.2) is 0 Å². The Labute approximate surface area is 120 Å². The average Bonchev–Trinajstić information content (AvgIpc) is 2.43. The monoisotopic (exact) mass is 296 g/mol. The molecule has 0 saturated heterocycles. The number of carbonyl (C=O) groups excluding carboxylic acids is 2. The molecule has 2 rings (SSSR count).